The Kier molecular flexibility index (Phi) is 8.04. The molecule has 6 heteroatoms. The zero-order valence-corrected chi connectivity index (χ0v) is 23.0. The molecule has 0 heterocycles. The Morgan fingerprint density at radius 2 is 1.59 bits per heavy atom. The summed E-state index contributed by atoms with van der Waals surface area (Å²) < 4.78 is 13.9. The van der Waals surface area contributed by atoms with Gasteiger partial charge in [0.15, 0.2) is 21.3 Å². The van der Waals surface area contributed by atoms with Crippen LogP contribution in [0.4, 0.5) is 0 Å². The second-order valence-corrected chi connectivity index (χ2v) is 12.5. The van der Waals surface area contributed by atoms with Crippen LogP contribution in [0.25, 0.3) is 0 Å². The maximum absolute atomic E-state index is 12.2. The number of esters is 1. The third kappa shape index (κ3) is 5.99. The highest BCUT2D eigenvalue weighted by atomic mass is 127. The summed E-state index contributed by atoms with van der Waals surface area (Å²) in [6, 6.07) is 25.3. The van der Waals surface area contributed by atoms with Crippen molar-refractivity contribution in [1.82, 2.24) is 0 Å². The van der Waals surface area contributed by atoms with Crippen LogP contribution < -0.4 is 4.74 Å². The fourth-order valence-corrected chi connectivity index (χ4v) is 8.27. The van der Waals surface area contributed by atoms with Crippen molar-refractivity contribution in [3.05, 3.63) is 79.9 Å². The Morgan fingerprint density at radius 3 is 2.25 bits per heavy atom. The minimum absolute atomic E-state index is 0.0612. The van der Waals surface area contributed by atoms with Crippen molar-refractivity contribution in [2.45, 2.75) is 52.9 Å². The molecule has 0 bridgehead atoms. The quantitative estimate of drug-likeness (QED) is 0.151. The molecule has 1 fully saturated rings. The van der Waals surface area contributed by atoms with Crippen molar-refractivity contribution < 1.29 is 14.3 Å². The summed E-state index contributed by atoms with van der Waals surface area (Å²) in [6.07, 6.45) is 4.11. The third-order valence-corrected chi connectivity index (χ3v) is 9.74. The first-order valence-corrected chi connectivity index (χ1v) is 14.0. The van der Waals surface area contributed by atoms with Gasteiger partial charge in [-0.05, 0) is 132 Å². The largest absolute Gasteiger partial charge is 0.482 e. The first-order valence-electron chi connectivity index (χ1n) is 10.6. The zero-order valence-electron chi connectivity index (χ0n) is 17.9. The molecule has 166 valence electrons. The number of hydrogen-bond donors (Lipinski definition) is 0. The number of benzene rings is 3. The topological polar surface area (TPSA) is 35.5 Å². The van der Waals surface area contributed by atoms with Crippen LogP contribution in [0.2, 0.25) is 0 Å². The van der Waals surface area contributed by atoms with Crippen molar-refractivity contribution in [2.75, 3.05) is 6.61 Å². The van der Waals surface area contributed by atoms with E-state index in [0.717, 1.165) is 25.7 Å². The molecule has 0 spiro atoms. The van der Waals surface area contributed by atoms with Gasteiger partial charge in [-0.3, -0.25) is 0 Å². The van der Waals surface area contributed by atoms with Crippen molar-refractivity contribution in [2.24, 2.45) is 0 Å². The first kappa shape index (κ1) is 23.9. The van der Waals surface area contributed by atoms with E-state index < -0.39 is 0 Å². The molecule has 1 aliphatic rings. The summed E-state index contributed by atoms with van der Waals surface area (Å²) in [4.78, 5) is 16.0. The lowest BCUT2D eigenvalue weighted by Crippen LogP contribution is -2.30. The molecule has 1 unspecified atom stereocenters. The Morgan fingerprint density at radius 1 is 0.938 bits per heavy atom. The summed E-state index contributed by atoms with van der Waals surface area (Å²) in [7, 11) is -0.222. The highest BCUT2D eigenvalue weighted by molar-refractivity contribution is 14.1. The predicted octanol–water partition coefficient (Wildman–Crippen LogP) is 7.25. The average molecular weight is 671 g/mol. The second kappa shape index (κ2) is 10.8. The van der Waals surface area contributed by atoms with Crippen LogP contribution in [0.3, 0.4) is 0 Å². The van der Waals surface area contributed by atoms with E-state index in [4.69, 9.17) is 9.47 Å². The molecule has 3 aromatic carbocycles. The third-order valence-electron chi connectivity index (χ3n) is 5.53. The molecule has 1 aliphatic carbocycles. The van der Waals surface area contributed by atoms with Gasteiger partial charge < -0.3 is 9.47 Å². The fraction of sp³-hybridized carbons (Fsp3) is 0.269. The van der Waals surface area contributed by atoms with Crippen LogP contribution in [-0.2, 0) is 20.4 Å². The summed E-state index contributed by atoms with van der Waals surface area (Å²) in [5.74, 6) is 0.382. The number of halogens is 2. The van der Waals surface area contributed by atoms with Gasteiger partial charge in [0.1, 0.15) is 22.2 Å². The van der Waals surface area contributed by atoms with E-state index in [-0.39, 0.29) is 29.1 Å². The van der Waals surface area contributed by atoms with Crippen molar-refractivity contribution in [1.29, 1.82) is 0 Å². The summed E-state index contributed by atoms with van der Waals surface area (Å²) in [6.45, 7) is 1.96. The normalized spacial score (nSPS) is 15.8. The number of rotatable bonds is 7. The molecule has 0 aromatic heterocycles. The standard InChI is InChI=1S/C26H25I2O3S/c1-26(15-5-6-16-26)31-25(29)18-30-20-10-12-22(13-11-20)32(21-7-3-2-4-8-21)24-14-9-19(27)17-23(24)28/h2-4,7-14,17H,5-6,15-16,18H2,1H3/q+1. The number of carbonyl (C=O) groups excluding carboxylic acids is 1. The smallest absolute Gasteiger partial charge is 0.344 e. The van der Waals surface area contributed by atoms with Crippen molar-refractivity contribution in [3.63, 3.8) is 0 Å². The number of ether oxygens (including phenoxy) is 2. The summed E-state index contributed by atoms with van der Waals surface area (Å²) in [5, 5.41) is 0. The van der Waals surface area contributed by atoms with Crippen LogP contribution >= 0.6 is 45.2 Å². The molecule has 1 saturated carbocycles. The molecule has 32 heavy (non-hydrogen) atoms. The lowest BCUT2D eigenvalue weighted by Gasteiger charge is -2.23. The second-order valence-electron chi connectivity index (χ2n) is 8.09. The van der Waals surface area contributed by atoms with Crippen molar-refractivity contribution in [3.8, 4) is 5.75 Å². The molecule has 0 N–H and O–H groups in total. The molecule has 0 amide bonds. The molecule has 0 aliphatic heterocycles. The Bertz CT molecular complexity index is 1060. The molecule has 3 nitrogen and oxygen atoms in total. The molecule has 1 atom stereocenters. The van der Waals surface area contributed by atoms with E-state index in [1.54, 1.807) is 0 Å². The van der Waals surface area contributed by atoms with Gasteiger partial charge in [-0.2, -0.15) is 0 Å². The van der Waals surface area contributed by atoms with Crippen LogP contribution in [0.1, 0.15) is 32.6 Å². The van der Waals surface area contributed by atoms with Gasteiger partial charge in [-0.1, -0.05) is 18.2 Å². The van der Waals surface area contributed by atoms with E-state index in [1.807, 2.05) is 25.1 Å². The molecule has 3 aromatic rings. The van der Waals surface area contributed by atoms with Gasteiger partial charge in [-0.15, -0.1) is 0 Å². The average Bonchev–Trinajstić information content (AvgIpc) is 3.21. The molecular weight excluding hydrogens is 646 g/mol. The van der Waals surface area contributed by atoms with Gasteiger partial charge in [0.05, 0.1) is 3.57 Å². The van der Waals surface area contributed by atoms with Gasteiger partial charge in [0.2, 0.25) is 0 Å². The van der Waals surface area contributed by atoms with Gasteiger partial charge in [0.25, 0.3) is 0 Å². The van der Waals surface area contributed by atoms with Gasteiger partial charge in [-0.25, -0.2) is 4.79 Å². The lowest BCUT2D eigenvalue weighted by molar-refractivity contribution is -0.159. The van der Waals surface area contributed by atoms with E-state index in [2.05, 4.69) is 99.8 Å². The zero-order chi connectivity index (χ0) is 22.6. The number of carbonyl (C=O) groups is 1. The van der Waals surface area contributed by atoms with Crippen LogP contribution in [0, 0.1) is 7.14 Å². The minimum Gasteiger partial charge on any atom is -0.482 e. The maximum Gasteiger partial charge on any atom is 0.344 e. The first-order chi connectivity index (χ1) is 15.4. The van der Waals surface area contributed by atoms with Crippen LogP contribution in [-0.4, -0.2) is 18.2 Å². The fourth-order valence-electron chi connectivity index (χ4n) is 3.93. The maximum atomic E-state index is 12.2. The monoisotopic (exact) mass is 671 g/mol. The SMILES string of the molecule is CC1(OC(=O)COc2ccc([S+](c3ccccc3)c3ccc(I)cc3I)cc2)CCCC1. The lowest BCUT2D eigenvalue weighted by atomic mass is 10.1. The van der Waals surface area contributed by atoms with E-state index >= 15 is 0 Å². The van der Waals surface area contributed by atoms with E-state index in [1.165, 1.54) is 21.8 Å². The van der Waals surface area contributed by atoms with Gasteiger partial charge in [0, 0.05) is 3.57 Å². The highest BCUT2D eigenvalue weighted by Crippen LogP contribution is 2.35. The predicted molar refractivity (Wildman–Crippen MR) is 145 cm³/mol. The summed E-state index contributed by atoms with van der Waals surface area (Å²) in [5.41, 5.74) is -0.320. The summed E-state index contributed by atoms with van der Waals surface area (Å²) >= 11 is 4.78. The van der Waals surface area contributed by atoms with Gasteiger partial charge >= 0.3 is 5.97 Å². The Hall–Kier alpha value is -1.26. The Balaban J connectivity index is 1.50. The van der Waals surface area contributed by atoms with Crippen molar-refractivity contribution >= 4 is 62.0 Å². The number of hydrogen-bond acceptors (Lipinski definition) is 3. The molecule has 0 saturated heterocycles. The molecular formula is C26H25I2O3S+. The van der Waals surface area contributed by atoms with Crippen LogP contribution in [0.15, 0.2) is 87.5 Å². The Labute approximate surface area is 219 Å². The van der Waals surface area contributed by atoms with Crippen LogP contribution in [0.5, 0.6) is 5.75 Å². The molecule has 4 rings (SSSR count). The minimum atomic E-state index is -0.320. The molecule has 0 radical (unpaired) electrons. The van der Waals surface area contributed by atoms with E-state index in [0.29, 0.717) is 5.75 Å². The highest BCUT2D eigenvalue weighted by Gasteiger charge is 2.33. The van der Waals surface area contributed by atoms with E-state index in [9.17, 15) is 4.79 Å².